The van der Waals surface area contributed by atoms with Crippen LogP contribution in [0, 0.1) is 0 Å². The summed E-state index contributed by atoms with van der Waals surface area (Å²) in [5, 5.41) is 0. The summed E-state index contributed by atoms with van der Waals surface area (Å²) in [4.78, 5) is 14.5. The molecule has 0 aliphatic carbocycles. The number of likely N-dealkylation sites (tertiary alicyclic amines) is 1. The Morgan fingerprint density at radius 3 is 2.77 bits per heavy atom. The van der Waals surface area contributed by atoms with Crippen LogP contribution in [0.25, 0.3) is 5.57 Å². The second-order valence-corrected chi connectivity index (χ2v) is 6.77. The molecule has 0 radical (unpaired) electrons. The first-order valence-corrected chi connectivity index (χ1v) is 9.12. The molecule has 0 saturated carbocycles. The van der Waals surface area contributed by atoms with Crippen molar-refractivity contribution in [1.29, 1.82) is 0 Å². The average molecular weight is 349 g/mol. The van der Waals surface area contributed by atoms with Gasteiger partial charge in [0, 0.05) is 12.1 Å². The maximum atomic E-state index is 12.0. The summed E-state index contributed by atoms with van der Waals surface area (Å²) in [5.74, 6) is 0.478. The van der Waals surface area contributed by atoms with E-state index < -0.39 is 0 Å². The number of carbonyl (C=O) groups is 1. The molecule has 2 aliphatic rings. The van der Waals surface area contributed by atoms with Crippen LogP contribution < -0.4 is 4.74 Å². The first-order valence-electron chi connectivity index (χ1n) is 9.12. The van der Waals surface area contributed by atoms with Crippen molar-refractivity contribution in [2.45, 2.75) is 19.4 Å². The minimum Gasteiger partial charge on any atom is -0.488 e. The Morgan fingerprint density at radius 1 is 1.15 bits per heavy atom. The number of esters is 1. The van der Waals surface area contributed by atoms with E-state index in [2.05, 4.69) is 29.2 Å². The van der Waals surface area contributed by atoms with Crippen molar-refractivity contribution in [3.8, 4) is 5.75 Å². The fourth-order valence-corrected chi connectivity index (χ4v) is 3.73. The van der Waals surface area contributed by atoms with Crippen LogP contribution in [0.15, 0.2) is 48.5 Å². The van der Waals surface area contributed by atoms with Crippen LogP contribution >= 0.6 is 0 Å². The zero-order chi connectivity index (χ0) is 17.9. The van der Waals surface area contributed by atoms with Crippen LogP contribution in [-0.4, -0.2) is 37.6 Å². The summed E-state index contributed by atoms with van der Waals surface area (Å²) in [6.45, 7) is 3.74. The lowest BCUT2D eigenvalue weighted by Gasteiger charge is -2.15. The Kier molecular flexibility index (Phi) is 4.76. The summed E-state index contributed by atoms with van der Waals surface area (Å²) in [5.41, 5.74) is 4.97. The minimum atomic E-state index is -0.329. The van der Waals surface area contributed by atoms with Gasteiger partial charge >= 0.3 is 5.97 Å². The van der Waals surface area contributed by atoms with Crippen LogP contribution in [0.1, 0.15) is 39.9 Å². The number of fused-ring (bicyclic) bond motifs is 2. The molecule has 2 aliphatic heterocycles. The highest BCUT2D eigenvalue weighted by molar-refractivity contribution is 5.93. The lowest BCUT2D eigenvalue weighted by molar-refractivity contribution is 0.0600. The summed E-state index contributed by atoms with van der Waals surface area (Å²) in [7, 11) is 1.41. The molecule has 0 atom stereocenters. The molecule has 0 spiro atoms. The molecular formula is C22H23NO3. The largest absolute Gasteiger partial charge is 0.488 e. The summed E-state index contributed by atoms with van der Waals surface area (Å²) < 4.78 is 10.9. The van der Waals surface area contributed by atoms with Gasteiger partial charge in [-0.2, -0.15) is 0 Å². The van der Waals surface area contributed by atoms with Crippen molar-refractivity contribution in [3.05, 3.63) is 70.8 Å². The van der Waals surface area contributed by atoms with E-state index in [1.165, 1.54) is 25.5 Å². The van der Waals surface area contributed by atoms with Gasteiger partial charge in [-0.3, -0.25) is 4.90 Å². The molecule has 0 amide bonds. The van der Waals surface area contributed by atoms with Crippen LogP contribution in [-0.2, 0) is 11.3 Å². The first-order chi connectivity index (χ1) is 12.8. The van der Waals surface area contributed by atoms with E-state index in [0.29, 0.717) is 12.2 Å². The Hall–Kier alpha value is -2.59. The predicted octanol–water partition coefficient (Wildman–Crippen LogP) is 3.89. The molecule has 0 unspecified atom stereocenters. The number of ether oxygens (including phenoxy) is 2. The van der Waals surface area contributed by atoms with Crippen molar-refractivity contribution >= 4 is 11.5 Å². The van der Waals surface area contributed by atoms with Gasteiger partial charge in [-0.1, -0.05) is 30.3 Å². The van der Waals surface area contributed by atoms with E-state index in [0.717, 1.165) is 42.1 Å². The van der Waals surface area contributed by atoms with E-state index in [1.807, 2.05) is 18.2 Å². The van der Waals surface area contributed by atoms with Gasteiger partial charge in [0.25, 0.3) is 0 Å². The highest BCUT2D eigenvalue weighted by Gasteiger charge is 2.21. The SMILES string of the molecule is COC(=O)c1ccc2c(c1)/C(=C/CN1CCCC1)c1ccccc1CO2. The molecule has 26 heavy (non-hydrogen) atoms. The van der Waals surface area contributed by atoms with Crippen molar-refractivity contribution in [2.24, 2.45) is 0 Å². The molecular weight excluding hydrogens is 326 g/mol. The second-order valence-electron chi connectivity index (χ2n) is 6.77. The topological polar surface area (TPSA) is 38.8 Å². The average Bonchev–Trinajstić information content (AvgIpc) is 3.15. The van der Waals surface area contributed by atoms with E-state index in [4.69, 9.17) is 9.47 Å². The smallest absolute Gasteiger partial charge is 0.337 e. The minimum absolute atomic E-state index is 0.329. The summed E-state index contributed by atoms with van der Waals surface area (Å²) >= 11 is 0. The monoisotopic (exact) mass is 349 g/mol. The molecule has 1 saturated heterocycles. The van der Waals surface area contributed by atoms with Gasteiger partial charge in [-0.15, -0.1) is 0 Å². The lowest BCUT2D eigenvalue weighted by atomic mass is 9.93. The fourth-order valence-electron chi connectivity index (χ4n) is 3.73. The number of nitrogens with zero attached hydrogens (tertiary/aromatic N) is 1. The third kappa shape index (κ3) is 3.25. The number of methoxy groups -OCH3 is 1. The fraction of sp³-hybridized carbons (Fsp3) is 0.318. The Labute approximate surface area is 154 Å². The van der Waals surface area contributed by atoms with E-state index in [9.17, 15) is 4.79 Å². The van der Waals surface area contributed by atoms with E-state index in [-0.39, 0.29) is 5.97 Å². The first kappa shape index (κ1) is 16.9. The summed E-state index contributed by atoms with van der Waals surface area (Å²) in [6.07, 6.45) is 4.82. The number of hydrogen-bond acceptors (Lipinski definition) is 4. The van der Waals surface area contributed by atoms with Crippen molar-refractivity contribution in [2.75, 3.05) is 26.7 Å². The molecule has 2 heterocycles. The number of benzene rings is 2. The molecule has 4 nitrogen and oxygen atoms in total. The van der Waals surface area contributed by atoms with Gasteiger partial charge in [-0.25, -0.2) is 4.79 Å². The molecule has 0 aromatic heterocycles. The van der Waals surface area contributed by atoms with Crippen LogP contribution in [0.3, 0.4) is 0 Å². The molecule has 0 bridgehead atoms. The van der Waals surface area contributed by atoms with E-state index >= 15 is 0 Å². The molecule has 2 aromatic carbocycles. The number of rotatable bonds is 3. The van der Waals surface area contributed by atoms with Gasteiger partial charge in [0.2, 0.25) is 0 Å². The highest BCUT2D eigenvalue weighted by Crippen LogP contribution is 2.37. The number of carbonyl (C=O) groups excluding carboxylic acids is 1. The third-order valence-electron chi connectivity index (χ3n) is 5.13. The highest BCUT2D eigenvalue weighted by atomic mass is 16.5. The second kappa shape index (κ2) is 7.34. The van der Waals surface area contributed by atoms with Gasteiger partial charge in [-0.05, 0) is 60.8 Å². The van der Waals surface area contributed by atoms with Gasteiger partial charge in [0.05, 0.1) is 12.7 Å². The Balaban J connectivity index is 1.81. The molecule has 134 valence electrons. The van der Waals surface area contributed by atoms with Crippen LogP contribution in [0.5, 0.6) is 5.75 Å². The van der Waals surface area contributed by atoms with Crippen molar-refractivity contribution in [3.63, 3.8) is 0 Å². The zero-order valence-corrected chi connectivity index (χ0v) is 15.0. The lowest BCUT2D eigenvalue weighted by Crippen LogP contribution is -2.19. The quantitative estimate of drug-likeness (QED) is 0.788. The van der Waals surface area contributed by atoms with Crippen molar-refractivity contribution < 1.29 is 14.3 Å². The Morgan fingerprint density at radius 2 is 1.96 bits per heavy atom. The van der Waals surface area contributed by atoms with Crippen LogP contribution in [0.2, 0.25) is 0 Å². The Bertz CT molecular complexity index is 850. The molecule has 4 heteroatoms. The molecule has 0 N–H and O–H groups in total. The van der Waals surface area contributed by atoms with Gasteiger partial charge in [0.1, 0.15) is 12.4 Å². The molecule has 4 rings (SSSR count). The molecule has 2 aromatic rings. The van der Waals surface area contributed by atoms with Crippen molar-refractivity contribution in [1.82, 2.24) is 4.90 Å². The maximum absolute atomic E-state index is 12.0. The normalized spacial score (nSPS) is 18.0. The van der Waals surface area contributed by atoms with Gasteiger partial charge in [0.15, 0.2) is 0 Å². The predicted molar refractivity (Wildman–Crippen MR) is 101 cm³/mol. The van der Waals surface area contributed by atoms with Crippen LogP contribution in [0.4, 0.5) is 0 Å². The van der Waals surface area contributed by atoms with E-state index in [1.54, 1.807) is 6.07 Å². The maximum Gasteiger partial charge on any atom is 0.337 e. The standard InChI is InChI=1S/C22H23NO3/c1-25-22(24)16-8-9-21-20(14-16)19(10-13-23-11-4-5-12-23)18-7-3-2-6-17(18)15-26-21/h2-3,6-10,14H,4-5,11-13,15H2,1H3/b19-10+. The zero-order valence-electron chi connectivity index (χ0n) is 15.0. The number of hydrogen-bond donors (Lipinski definition) is 0. The van der Waals surface area contributed by atoms with Gasteiger partial charge < -0.3 is 9.47 Å². The third-order valence-corrected chi connectivity index (χ3v) is 5.13. The molecule has 1 fully saturated rings. The summed E-state index contributed by atoms with van der Waals surface area (Å²) in [6, 6.07) is 13.9.